The number of nitrogen functional groups attached to an aromatic ring is 1. The van der Waals surface area contributed by atoms with Crippen molar-refractivity contribution in [1.82, 2.24) is 14.9 Å². The molecule has 0 saturated carbocycles. The fourth-order valence-corrected chi connectivity index (χ4v) is 3.77. The van der Waals surface area contributed by atoms with Crippen LogP contribution in [0, 0.1) is 0 Å². The van der Waals surface area contributed by atoms with Crippen LogP contribution in [0.5, 0.6) is 0 Å². The smallest absolute Gasteiger partial charge is 0.161 e. The number of hydrogen-bond acceptors (Lipinski definition) is 7. The summed E-state index contributed by atoms with van der Waals surface area (Å²) in [6, 6.07) is 7.91. The zero-order chi connectivity index (χ0) is 18.8. The second-order valence-electron chi connectivity index (χ2n) is 7.19. The number of carbonyl (C=O) groups excluding carboxylic acids is 1. The standard InChI is InChI=1S/C20H25N5O2/c1-14-13-27-11-9-25(14)20-17-6-7-24(8-10-26)12-18(17)22-19(23-20)15-2-4-16(21)5-3-15/h2-5,10,14H,6-9,11-13,21H2,1H3/t14-/m0/s1. The number of ether oxygens (including phenoxy) is 1. The Kier molecular flexibility index (Phi) is 5.05. The summed E-state index contributed by atoms with van der Waals surface area (Å²) in [4.78, 5) is 25.2. The van der Waals surface area contributed by atoms with Crippen LogP contribution in [-0.4, -0.2) is 60.0 Å². The predicted octanol–water partition coefficient (Wildman–Crippen LogP) is 1.51. The first kappa shape index (κ1) is 17.9. The minimum Gasteiger partial charge on any atom is -0.399 e. The summed E-state index contributed by atoms with van der Waals surface area (Å²) >= 11 is 0. The average Bonchev–Trinajstić information content (AvgIpc) is 2.68. The molecule has 1 saturated heterocycles. The van der Waals surface area contributed by atoms with Gasteiger partial charge in [-0.1, -0.05) is 0 Å². The third-order valence-corrected chi connectivity index (χ3v) is 5.26. The van der Waals surface area contributed by atoms with Crippen molar-refractivity contribution in [3.8, 4) is 11.4 Å². The first-order chi connectivity index (χ1) is 13.2. The molecule has 0 spiro atoms. The second-order valence-corrected chi connectivity index (χ2v) is 7.19. The molecule has 0 amide bonds. The number of nitrogens with zero attached hydrogens (tertiary/aromatic N) is 4. The van der Waals surface area contributed by atoms with Crippen LogP contribution in [0.15, 0.2) is 24.3 Å². The maximum Gasteiger partial charge on any atom is 0.161 e. The van der Waals surface area contributed by atoms with Crippen molar-refractivity contribution in [2.45, 2.75) is 25.9 Å². The number of fused-ring (bicyclic) bond motifs is 1. The molecule has 142 valence electrons. The largest absolute Gasteiger partial charge is 0.399 e. The molecule has 4 rings (SSSR count). The minimum absolute atomic E-state index is 0.269. The molecule has 0 bridgehead atoms. The monoisotopic (exact) mass is 367 g/mol. The van der Waals surface area contributed by atoms with E-state index in [1.54, 1.807) is 0 Å². The Morgan fingerprint density at radius 2 is 2.07 bits per heavy atom. The van der Waals surface area contributed by atoms with Gasteiger partial charge in [-0.15, -0.1) is 0 Å². The maximum absolute atomic E-state index is 11.0. The van der Waals surface area contributed by atoms with E-state index in [4.69, 9.17) is 20.4 Å². The second kappa shape index (κ2) is 7.62. The highest BCUT2D eigenvalue weighted by molar-refractivity contribution is 5.63. The molecule has 0 radical (unpaired) electrons. The summed E-state index contributed by atoms with van der Waals surface area (Å²) in [5.74, 6) is 1.71. The maximum atomic E-state index is 11.0. The van der Waals surface area contributed by atoms with Crippen LogP contribution in [0.1, 0.15) is 18.2 Å². The van der Waals surface area contributed by atoms with Gasteiger partial charge in [-0.3, -0.25) is 4.90 Å². The topological polar surface area (TPSA) is 84.6 Å². The van der Waals surface area contributed by atoms with Gasteiger partial charge in [0.2, 0.25) is 0 Å². The van der Waals surface area contributed by atoms with Gasteiger partial charge < -0.3 is 20.2 Å². The predicted molar refractivity (Wildman–Crippen MR) is 105 cm³/mol. The minimum atomic E-state index is 0.269. The van der Waals surface area contributed by atoms with Crippen molar-refractivity contribution in [2.24, 2.45) is 0 Å². The quantitative estimate of drug-likeness (QED) is 0.648. The van der Waals surface area contributed by atoms with Gasteiger partial charge in [-0.25, -0.2) is 9.97 Å². The van der Waals surface area contributed by atoms with Gasteiger partial charge in [0.25, 0.3) is 0 Å². The van der Waals surface area contributed by atoms with Gasteiger partial charge >= 0.3 is 0 Å². The van der Waals surface area contributed by atoms with Crippen molar-refractivity contribution in [3.63, 3.8) is 0 Å². The Balaban J connectivity index is 1.79. The number of anilines is 2. The normalized spacial score (nSPS) is 20.3. The van der Waals surface area contributed by atoms with Crippen LogP contribution in [0.4, 0.5) is 11.5 Å². The highest BCUT2D eigenvalue weighted by atomic mass is 16.5. The van der Waals surface area contributed by atoms with Crippen LogP contribution in [0.3, 0.4) is 0 Å². The van der Waals surface area contributed by atoms with E-state index in [0.717, 1.165) is 48.6 Å². The van der Waals surface area contributed by atoms with Crippen LogP contribution in [0.25, 0.3) is 11.4 Å². The van der Waals surface area contributed by atoms with Crippen molar-refractivity contribution in [3.05, 3.63) is 35.5 Å². The van der Waals surface area contributed by atoms with Crippen molar-refractivity contribution in [1.29, 1.82) is 0 Å². The fraction of sp³-hybridized carbons (Fsp3) is 0.450. The Hall–Kier alpha value is -2.51. The van der Waals surface area contributed by atoms with Crippen molar-refractivity contribution >= 4 is 17.8 Å². The van der Waals surface area contributed by atoms with Crippen molar-refractivity contribution in [2.75, 3.05) is 43.5 Å². The van der Waals surface area contributed by atoms with E-state index in [1.165, 1.54) is 5.56 Å². The molecule has 2 aliphatic rings. The molecule has 7 nitrogen and oxygen atoms in total. The molecule has 2 aliphatic heterocycles. The van der Waals surface area contributed by atoms with Gasteiger partial charge in [0, 0.05) is 36.4 Å². The number of benzene rings is 1. The number of hydrogen-bond donors (Lipinski definition) is 1. The third-order valence-electron chi connectivity index (χ3n) is 5.26. The average molecular weight is 367 g/mol. The first-order valence-corrected chi connectivity index (χ1v) is 9.42. The molecular formula is C20H25N5O2. The lowest BCUT2D eigenvalue weighted by molar-refractivity contribution is -0.109. The Morgan fingerprint density at radius 3 is 2.81 bits per heavy atom. The molecule has 27 heavy (non-hydrogen) atoms. The lowest BCUT2D eigenvalue weighted by Gasteiger charge is -2.37. The summed E-state index contributed by atoms with van der Waals surface area (Å²) in [6.45, 7) is 6.35. The summed E-state index contributed by atoms with van der Waals surface area (Å²) in [6.07, 6.45) is 1.81. The highest BCUT2D eigenvalue weighted by Crippen LogP contribution is 2.31. The van der Waals surface area contributed by atoms with E-state index >= 15 is 0 Å². The van der Waals surface area contributed by atoms with Gasteiger partial charge in [-0.2, -0.15) is 0 Å². The number of carbonyl (C=O) groups is 1. The SMILES string of the molecule is C[C@H]1COCCN1c1nc(-c2ccc(N)cc2)nc2c1CCN(CC=O)C2. The molecule has 1 aromatic heterocycles. The third kappa shape index (κ3) is 3.65. The lowest BCUT2D eigenvalue weighted by Crippen LogP contribution is -2.45. The van der Waals surface area contributed by atoms with E-state index < -0.39 is 0 Å². The molecule has 0 aliphatic carbocycles. The Labute approximate surface area is 159 Å². The van der Waals surface area contributed by atoms with Gasteiger partial charge in [0.1, 0.15) is 12.1 Å². The van der Waals surface area contributed by atoms with E-state index in [2.05, 4.69) is 16.7 Å². The van der Waals surface area contributed by atoms with Gasteiger partial charge in [0.05, 0.1) is 31.5 Å². The molecule has 3 heterocycles. The van der Waals surface area contributed by atoms with E-state index in [1.807, 2.05) is 24.3 Å². The first-order valence-electron chi connectivity index (χ1n) is 9.42. The van der Waals surface area contributed by atoms with Crippen molar-refractivity contribution < 1.29 is 9.53 Å². The fourth-order valence-electron chi connectivity index (χ4n) is 3.77. The Morgan fingerprint density at radius 1 is 1.26 bits per heavy atom. The highest BCUT2D eigenvalue weighted by Gasteiger charge is 2.28. The van der Waals surface area contributed by atoms with Crippen LogP contribution < -0.4 is 10.6 Å². The number of aromatic nitrogens is 2. The molecular weight excluding hydrogens is 342 g/mol. The number of morpholine rings is 1. The summed E-state index contributed by atoms with van der Waals surface area (Å²) in [7, 11) is 0. The Bertz CT molecular complexity index is 824. The van der Waals surface area contributed by atoms with Gasteiger partial charge in [-0.05, 0) is 37.6 Å². The summed E-state index contributed by atoms with van der Waals surface area (Å²) in [5, 5.41) is 0. The summed E-state index contributed by atoms with van der Waals surface area (Å²) in [5.41, 5.74) is 9.71. The zero-order valence-electron chi connectivity index (χ0n) is 15.6. The molecule has 1 fully saturated rings. The summed E-state index contributed by atoms with van der Waals surface area (Å²) < 4.78 is 5.61. The van der Waals surface area contributed by atoms with E-state index in [9.17, 15) is 4.79 Å². The van der Waals surface area contributed by atoms with Crippen LogP contribution in [-0.2, 0) is 22.5 Å². The number of rotatable bonds is 4. The van der Waals surface area contributed by atoms with Gasteiger partial charge in [0.15, 0.2) is 5.82 Å². The number of nitrogens with two attached hydrogens (primary N) is 1. The lowest BCUT2D eigenvalue weighted by atomic mass is 10.0. The zero-order valence-corrected chi connectivity index (χ0v) is 15.6. The molecule has 1 atom stereocenters. The van der Waals surface area contributed by atoms with E-state index in [0.29, 0.717) is 32.1 Å². The molecule has 1 aromatic carbocycles. The molecule has 2 N–H and O–H groups in total. The van der Waals surface area contributed by atoms with Crippen LogP contribution in [0.2, 0.25) is 0 Å². The molecule has 7 heteroatoms. The van der Waals surface area contributed by atoms with Crippen LogP contribution >= 0.6 is 0 Å². The molecule has 2 aromatic rings. The molecule has 0 unspecified atom stereocenters. The van der Waals surface area contributed by atoms with E-state index in [-0.39, 0.29) is 6.04 Å². The number of aldehydes is 1.